The third-order valence-corrected chi connectivity index (χ3v) is 2.17. The number of phenolic OH excluding ortho intramolecular Hbond substituents is 1. The van der Waals surface area contributed by atoms with Gasteiger partial charge in [0, 0.05) is 0 Å². The molecule has 0 amide bonds. The van der Waals surface area contributed by atoms with Gasteiger partial charge in [-0.15, -0.1) is 0 Å². The smallest absolute Gasteiger partial charge is 0.161 e. The van der Waals surface area contributed by atoms with Gasteiger partial charge in [0.15, 0.2) is 11.5 Å². The second-order valence-electron chi connectivity index (χ2n) is 3.63. The first-order chi connectivity index (χ1) is 6.65. The summed E-state index contributed by atoms with van der Waals surface area (Å²) in [4.78, 5) is 0. The molecule has 0 aliphatic carbocycles. The minimum atomic E-state index is 0.270. The fraction of sp³-hybridized carbons (Fsp3) is 0.500. The van der Waals surface area contributed by atoms with E-state index < -0.39 is 0 Å². The Labute approximate surface area is 85.5 Å². The molecule has 0 bridgehead atoms. The van der Waals surface area contributed by atoms with Crippen molar-refractivity contribution in [2.24, 2.45) is 0 Å². The van der Waals surface area contributed by atoms with Gasteiger partial charge in [0.25, 0.3) is 0 Å². The zero-order valence-electron chi connectivity index (χ0n) is 9.13. The molecule has 2 heteroatoms. The van der Waals surface area contributed by atoms with Crippen LogP contribution in [-0.2, 0) is 0 Å². The number of phenols is 1. The fourth-order valence-corrected chi connectivity index (χ4v) is 1.36. The zero-order valence-corrected chi connectivity index (χ0v) is 9.13. The molecule has 0 saturated carbocycles. The number of rotatable bonds is 4. The molecule has 0 aliphatic rings. The molecule has 1 rings (SSSR count). The fourth-order valence-electron chi connectivity index (χ4n) is 1.36. The number of aryl methyl sites for hydroxylation is 2. The van der Waals surface area contributed by atoms with E-state index in [1.165, 1.54) is 0 Å². The summed E-state index contributed by atoms with van der Waals surface area (Å²) in [6, 6.07) is 3.82. The Morgan fingerprint density at radius 3 is 2.64 bits per heavy atom. The molecule has 0 radical (unpaired) electrons. The van der Waals surface area contributed by atoms with Crippen molar-refractivity contribution in [3.05, 3.63) is 23.3 Å². The van der Waals surface area contributed by atoms with Crippen LogP contribution in [0.4, 0.5) is 0 Å². The van der Waals surface area contributed by atoms with Gasteiger partial charge < -0.3 is 9.84 Å². The van der Waals surface area contributed by atoms with Gasteiger partial charge in [-0.3, -0.25) is 0 Å². The Bertz CT molecular complexity index is 305. The van der Waals surface area contributed by atoms with Crippen molar-refractivity contribution in [3.63, 3.8) is 0 Å². The van der Waals surface area contributed by atoms with Gasteiger partial charge in [-0.1, -0.05) is 19.4 Å². The molecular formula is C12H18O2. The van der Waals surface area contributed by atoms with Gasteiger partial charge >= 0.3 is 0 Å². The average molecular weight is 194 g/mol. The summed E-state index contributed by atoms with van der Waals surface area (Å²) in [5.74, 6) is 0.877. The minimum Gasteiger partial charge on any atom is -0.504 e. The van der Waals surface area contributed by atoms with E-state index in [1.807, 2.05) is 26.0 Å². The standard InChI is InChI=1S/C12H18O2/c1-4-5-6-14-11-8-9(2)7-10(3)12(11)13/h7-8,13H,4-6H2,1-3H3. The van der Waals surface area contributed by atoms with E-state index in [2.05, 4.69) is 6.92 Å². The molecule has 1 aromatic carbocycles. The highest BCUT2D eigenvalue weighted by Gasteiger charge is 2.05. The van der Waals surface area contributed by atoms with Crippen LogP contribution in [0.15, 0.2) is 12.1 Å². The first-order valence-electron chi connectivity index (χ1n) is 5.08. The molecule has 0 fully saturated rings. The largest absolute Gasteiger partial charge is 0.504 e. The van der Waals surface area contributed by atoms with E-state index in [0.29, 0.717) is 12.4 Å². The molecule has 78 valence electrons. The summed E-state index contributed by atoms with van der Waals surface area (Å²) in [5.41, 5.74) is 1.99. The van der Waals surface area contributed by atoms with Crippen LogP contribution in [0.5, 0.6) is 11.5 Å². The normalized spacial score (nSPS) is 10.2. The maximum atomic E-state index is 9.70. The van der Waals surface area contributed by atoms with E-state index in [1.54, 1.807) is 0 Å². The van der Waals surface area contributed by atoms with Crippen LogP contribution >= 0.6 is 0 Å². The zero-order chi connectivity index (χ0) is 10.6. The van der Waals surface area contributed by atoms with Crippen molar-refractivity contribution in [3.8, 4) is 11.5 Å². The Morgan fingerprint density at radius 2 is 2.00 bits per heavy atom. The van der Waals surface area contributed by atoms with Crippen LogP contribution in [0.3, 0.4) is 0 Å². The van der Waals surface area contributed by atoms with Crippen molar-refractivity contribution in [1.29, 1.82) is 0 Å². The summed E-state index contributed by atoms with van der Waals surface area (Å²) in [7, 11) is 0. The highest BCUT2D eigenvalue weighted by molar-refractivity contribution is 5.47. The van der Waals surface area contributed by atoms with Gasteiger partial charge in [-0.05, 0) is 37.5 Å². The minimum absolute atomic E-state index is 0.270. The molecule has 2 nitrogen and oxygen atoms in total. The average Bonchev–Trinajstić information content (AvgIpc) is 2.13. The van der Waals surface area contributed by atoms with Crippen LogP contribution in [0.1, 0.15) is 30.9 Å². The summed E-state index contributed by atoms with van der Waals surface area (Å²) < 4.78 is 5.49. The first kappa shape index (κ1) is 10.9. The molecule has 1 N–H and O–H groups in total. The summed E-state index contributed by atoms with van der Waals surface area (Å²) in [5, 5.41) is 9.70. The van der Waals surface area contributed by atoms with Crippen molar-refractivity contribution in [2.75, 3.05) is 6.61 Å². The van der Waals surface area contributed by atoms with Gasteiger partial charge in [0.05, 0.1) is 6.61 Å². The lowest BCUT2D eigenvalue weighted by Gasteiger charge is -2.10. The number of hydrogen-bond donors (Lipinski definition) is 1. The molecule has 1 aromatic rings. The highest BCUT2D eigenvalue weighted by atomic mass is 16.5. The predicted molar refractivity (Wildman–Crippen MR) is 58.0 cm³/mol. The second kappa shape index (κ2) is 4.89. The molecule has 0 atom stereocenters. The monoisotopic (exact) mass is 194 g/mol. The SMILES string of the molecule is CCCCOc1cc(C)cc(C)c1O. The van der Waals surface area contributed by atoms with E-state index in [-0.39, 0.29) is 5.75 Å². The van der Waals surface area contributed by atoms with Gasteiger partial charge in [-0.25, -0.2) is 0 Å². The Balaban J connectivity index is 2.75. The van der Waals surface area contributed by atoms with Crippen molar-refractivity contribution in [1.82, 2.24) is 0 Å². The maximum Gasteiger partial charge on any atom is 0.161 e. The highest BCUT2D eigenvalue weighted by Crippen LogP contribution is 2.30. The van der Waals surface area contributed by atoms with Crippen LogP contribution in [-0.4, -0.2) is 11.7 Å². The van der Waals surface area contributed by atoms with Crippen LogP contribution in [0.25, 0.3) is 0 Å². The third-order valence-electron chi connectivity index (χ3n) is 2.17. The number of hydrogen-bond acceptors (Lipinski definition) is 2. The predicted octanol–water partition coefficient (Wildman–Crippen LogP) is 3.19. The molecule has 0 heterocycles. The summed E-state index contributed by atoms with van der Waals surface area (Å²) in [6.45, 7) is 6.67. The topological polar surface area (TPSA) is 29.5 Å². The van der Waals surface area contributed by atoms with E-state index >= 15 is 0 Å². The molecule has 0 unspecified atom stereocenters. The lowest BCUT2D eigenvalue weighted by Crippen LogP contribution is -1.97. The molecule has 0 aromatic heterocycles. The van der Waals surface area contributed by atoms with Gasteiger partial charge in [0.2, 0.25) is 0 Å². The van der Waals surface area contributed by atoms with Gasteiger partial charge in [0.1, 0.15) is 0 Å². The van der Waals surface area contributed by atoms with E-state index in [0.717, 1.165) is 24.0 Å². The molecular weight excluding hydrogens is 176 g/mol. The van der Waals surface area contributed by atoms with Gasteiger partial charge in [-0.2, -0.15) is 0 Å². The van der Waals surface area contributed by atoms with Crippen molar-refractivity contribution in [2.45, 2.75) is 33.6 Å². The maximum absolute atomic E-state index is 9.70. The first-order valence-corrected chi connectivity index (χ1v) is 5.08. The van der Waals surface area contributed by atoms with Crippen LogP contribution in [0.2, 0.25) is 0 Å². The lowest BCUT2D eigenvalue weighted by molar-refractivity contribution is 0.292. The Kier molecular flexibility index (Phi) is 3.81. The summed E-state index contributed by atoms with van der Waals surface area (Å²) >= 11 is 0. The van der Waals surface area contributed by atoms with Crippen LogP contribution in [0, 0.1) is 13.8 Å². The van der Waals surface area contributed by atoms with Crippen molar-refractivity contribution >= 4 is 0 Å². The quantitative estimate of drug-likeness (QED) is 0.746. The van der Waals surface area contributed by atoms with Crippen LogP contribution < -0.4 is 4.74 Å². The molecule has 0 aliphatic heterocycles. The number of benzene rings is 1. The lowest BCUT2D eigenvalue weighted by atomic mass is 10.1. The molecule has 0 spiro atoms. The molecule has 14 heavy (non-hydrogen) atoms. The summed E-state index contributed by atoms with van der Waals surface area (Å²) in [6.07, 6.45) is 2.12. The Morgan fingerprint density at radius 1 is 1.29 bits per heavy atom. The Hall–Kier alpha value is -1.18. The molecule has 0 saturated heterocycles. The van der Waals surface area contributed by atoms with E-state index in [4.69, 9.17) is 4.74 Å². The number of aromatic hydroxyl groups is 1. The number of unbranched alkanes of at least 4 members (excludes halogenated alkanes) is 1. The number of ether oxygens (including phenoxy) is 1. The van der Waals surface area contributed by atoms with Crippen molar-refractivity contribution < 1.29 is 9.84 Å². The third kappa shape index (κ3) is 2.66. The van der Waals surface area contributed by atoms with E-state index in [9.17, 15) is 5.11 Å². The second-order valence-corrected chi connectivity index (χ2v) is 3.63.